The van der Waals surface area contributed by atoms with E-state index in [4.69, 9.17) is 16.3 Å². The molecule has 0 spiro atoms. The normalized spacial score (nSPS) is 10.7. The third kappa shape index (κ3) is 4.64. The van der Waals surface area contributed by atoms with Crippen LogP contribution in [0.5, 0.6) is 5.75 Å². The summed E-state index contributed by atoms with van der Waals surface area (Å²) in [7, 11) is 1.74. The molecule has 0 fully saturated rings. The number of aromatic nitrogens is 1. The Morgan fingerprint density at radius 2 is 2.11 bits per heavy atom. The summed E-state index contributed by atoms with van der Waals surface area (Å²) in [5, 5.41) is 2.88. The van der Waals surface area contributed by atoms with Crippen molar-refractivity contribution in [3.05, 3.63) is 69.9 Å². The molecule has 0 bridgehead atoms. The van der Waals surface area contributed by atoms with Crippen LogP contribution in [-0.2, 0) is 6.61 Å². The van der Waals surface area contributed by atoms with Gasteiger partial charge in [0.2, 0.25) is 0 Å². The molecule has 27 heavy (non-hydrogen) atoms. The van der Waals surface area contributed by atoms with Crippen LogP contribution in [0.3, 0.4) is 0 Å². The Morgan fingerprint density at radius 1 is 1.30 bits per heavy atom. The summed E-state index contributed by atoms with van der Waals surface area (Å²) in [6, 6.07) is 11.5. The van der Waals surface area contributed by atoms with Crippen LogP contribution in [0.2, 0.25) is 5.02 Å². The summed E-state index contributed by atoms with van der Waals surface area (Å²) in [5.41, 5.74) is 1.87. The van der Waals surface area contributed by atoms with E-state index in [1.54, 1.807) is 47.7 Å². The Labute approximate surface area is 166 Å². The summed E-state index contributed by atoms with van der Waals surface area (Å²) in [6.07, 6.45) is 0. The highest BCUT2D eigenvalue weighted by Gasteiger charge is 2.16. The largest absolute Gasteiger partial charge is 0.489 e. The molecule has 3 aromatic rings. The van der Waals surface area contributed by atoms with E-state index in [0.717, 1.165) is 11.1 Å². The Morgan fingerprint density at radius 3 is 2.81 bits per heavy atom. The van der Waals surface area contributed by atoms with Gasteiger partial charge in [-0.1, -0.05) is 23.7 Å². The fourth-order valence-electron chi connectivity index (χ4n) is 2.39. The van der Waals surface area contributed by atoms with E-state index in [1.807, 2.05) is 6.92 Å². The first-order chi connectivity index (χ1) is 13.0. The lowest BCUT2D eigenvalue weighted by molar-refractivity contribution is 0.0797. The van der Waals surface area contributed by atoms with Gasteiger partial charge in [0.1, 0.15) is 28.9 Å². The molecule has 140 valence electrons. The van der Waals surface area contributed by atoms with Gasteiger partial charge in [0.05, 0.1) is 5.02 Å². The Hall–Kier alpha value is -2.44. The van der Waals surface area contributed by atoms with Gasteiger partial charge in [0, 0.05) is 24.5 Å². The molecule has 0 saturated heterocycles. The van der Waals surface area contributed by atoms with E-state index in [-0.39, 0.29) is 18.3 Å². The number of rotatable bonds is 6. The summed E-state index contributed by atoms with van der Waals surface area (Å²) < 4.78 is 18.9. The van der Waals surface area contributed by atoms with Crippen molar-refractivity contribution in [2.24, 2.45) is 0 Å². The first kappa shape index (κ1) is 19.3. The van der Waals surface area contributed by atoms with E-state index in [9.17, 15) is 9.18 Å². The zero-order chi connectivity index (χ0) is 19.4. The molecule has 0 aliphatic carbocycles. The number of thiazole rings is 1. The number of hydrogen-bond acceptors (Lipinski definition) is 4. The lowest BCUT2D eigenvalue weighted by atomic mass is 10.2. The van der Waals surface area contributed by atoms with E-state index in [0.29, 0.717) is 28.0 Å². The first-order valence-electron chi connectivity index (χ1n) is 8.36. The van der Waals surface area contributed by atoms with Gasteiger partial charge in [0.15, 0.2) is 0 Å². The standard InChI is InChI=1S/C20H18ClFN2O2S/c1-3-24(2)20(25)18-12-27-19(23-18)16-8-7-15(10-17(16)21)26-11-13-5-4-6-14(22)9-13/h4-10,12H,3,11H2,1-2H3. The van der Waals surface area contributed by atoms with Gasteiger partial charge in [-0.15, -0.1) is 11.3 Å². The van der Waals surface area contributed by atoms with Gasteiger partial charge in [-0.3, -0.25) is 4.79 Å². The van der Waals surface area contributed by atoms with Crippen LogP contribution in [0, 0.1) is 5.82 Å². The topological polar surface area (TPSA) is 42.4 Å². The quantitative estimate of drug-likeness (QED) is 0.561. The number of halogens is 2. The van der Waals surface area contributed by atoms with Gasteiger partial charge in [-0.25, -0.2) is 9.37 Å². The molecule has 3 rings (SSSR count). The molecule has 0 aliphatic rings. The fourth-order valence-corrected chi connectivity index (χ4v) is 3.54. The van der Waals surface area contributed by atoms with Crippen molar-refractivity contribution >= 4 is 28.8 Å². The van der Waals surface area contributed by atoms with Gasteiger partial charge in [-0.2, -0.15) is 0 Å². The summed E-state index contributed by atoms with van der Waals surface area (Å²) in [4.78, 5) is 18.2. The molecule has 0 aliphatic heterocycles. The second-order valence-corrected chi connectivity index (χ2v) is 7.18. The number of carbonyl (C=O) groups is 1. The fraction of sp³-hybridized carbons (Fsp3) is 0.200. The van der Waals surface area contributed by atoms with Crippen LogP contribution in [-0.4, -0.2) is 29.4 Å². The van der Waals surface area contributed by atoms with E-state index in [2.05, 4.69) is 4.98 Å². The second-order valence-electron chi connectivity index (χ2n) is 5.92. The van der Waals surface area contributed by atoms with Crippen LogP contribution in [0.25, 0.3) is 10.6 Å². The number of carbonyl (C=O) groups excluding carboxylic acids is 1. The second kappa shape index (κ2) is 8.50. The molecule has 2 aromatic carbocycles. The average molecular weight is 405 g/mol. The number of amides is 1. The van der Waals surface area contributed by atoms with Crippen LogP contribution in [0.4, 0.5) is 4.39 Å². The first-order valence-corrected chi connectivity index (χ1v) is 9.62. The summed E-state index contributed by atoms with van der Waals surface area (Å²) in [5.74, 6) is 0.157. The number of ether oxygens (including phenoxy) is 1. The van der Waals surface area contributed by atoms with Crippen LogP contribution >= 0.6 is 22.9 Å². The minimum atomic E-state index is -0.299. The Bertz CT molecular complexity index is 961. The molecule has 4 nitrogen and oxygen atoms in total. The molecule has 0 atom stereocenters. The third-order valence-corrected chi connectivity index (χ3v) is 5.20. The number of benzene rings is 2. The minimum Gasteiger partial charge on any atom is -0.489 e. The van der Waals surface area contributed by atoms with Crippen molar-refractivity contribution in [3.63, 3.8) is 0 Å². The highest BCUT2D eigenvalue weighted by Crippen LogP contribution is 2.33. The van der Waals surface area contributed by atoms with Gasteiger partial charge in [0.25, 0.3) is 5.91 Å². The zero-order valence-corrected chi connectivity index (χ0v) is 16.5. The van der Waals surface area contributed by atoms with Crippen molar-refractivity contribution < 1.29 is 13.9 Å². The predicted molar refractivity (Wildman–Crippen MR) is 106 cm³/mol. The SMILES string of the molecule is CCN(C)C(=O)c1csc(-c2ccc(OCc3cccc(F)c3)cc2Cl)n1. The van der Waals surface area contributed by atoms with Crippen molar-refractivity contribution in [2.45, 2.75) is 13.5 Å². The monoisotopic (exact) mass is 404 g/mol. The minimum absolute atomic E-state index is 0.119. The zero-order valence-electron chi connectivity index (χ0n) is 14.9. The molecular weight excluding hydrogens is 387 g/mol. The summed E-state index contributed by atoms with van der Waals surface area (Å²) in [6.45, 7) is 2.76. The lowest BCUT2D eigenvalue weighted by Crippen LogP contribution is -2.26. The molecule has 1 aromatic heterocycles. The predicted octanol–water partition coefficient (Wildman–Crippen LogP) is 5.27. The molecule has 1 heterocycles. The van der Waals surface area contributed by atoms with E-state index >= 15 is 0 Å². The Balaban J connectivity index is 1.73. The maximum Gasteiger partial charge on any atom is 0.273 e. The van der Waals surface area contributed by atoms with E-state index < -0.39 is 0 Å². The van der Waals surface area contributed by atoms with Crippen molar-refractivity contribution in [1.82, 2.24) is 9.88 Å². The maximum absolute atomic E-state index is 13.2. The average Bonchev–Trinajstić information content (AvgIpc) is 3.15. The van der Waals surface area contributed by atoms with Crippen molar-refractivity contribution in [3.8, 4) is 16.3 Å². The van der Waals surface area contributed by atoms with Gasteiger partial charge in [-0.05, 0) is 42.8 Å². The molecule has 7 heteroatoms. The van der Waals surface area contributed by atoms with Crippen molar-refractivity contribution in [1.29, 1.82) is 0 Å². The number of nitrogens with zero attached hydrogens (tertiary/aromatic N) is 2. The van der Waals surface area contributed by atoms with Crippen molar-refractivity contribution in [2.75, 3.05) is 13.6 Å². The van der Waals surface area contributed by atoms with Crippen LogP contribution in [0.1, 0.15) is 23.0 Å². The molecule has 1 amide bonds. The smallest absolute Gasteiger partial charge is 0.273 e. The highest BCUT2D eigenvalue weighted by molar-refractivity contribution is 7.13. The van der Waals surface area contributed by atoms with Gasteiger partial charge < -0.3 is 9.64 Å². The molecule has 0 radical (unpaired) electrons. The highest BCUT2D eigenvalue weighted by atomic mass is 35.5. The third-order valence-electron chi connectivity index (χ3n) is 4.01. The molecule has 0 saturated carbocycles. The van der Waals surface area contributed by atoms with Crippen LogP contribution in [0.15, 0.2) is 47.8 Å². The Kier molecular flexibility index (Phi) is 6.08. The molecule has 0 unspecified atom stereocenters. The number of hydrogen-bond donors (Lipinski definition) is 0. The van der Waals surface area contributed by atoms with E-state index in [1.165, 1.54) is 23.5 Å². The van der Waals surface area contributed by atoms with Crippen LogP contribution < -0.4 is 4.74 Å². The van der Waals surface area contributed by atoms with Gasteiger partial charge >= 0.3 is 0 Å². The molecule has 0 N–H and O–H groups in total. The maximum atomic E-state index is 13.2. The summed E-state index contributed by atoms with van der Waals surface area (Å²) >= 11 is 7.75. The lowest BCUT2D eigenvalue weighted by Gasteiger charge is -2.12. The molecular formula is C20H18ClFN2O2S.